The van der Waals surface area contributed by atoms with Gasteiger partial charge in [-0.05, 0) is 19.1 Å². The van der Waals surface area contributed by atoms with Gasteiger partial charge in [0.05, 0.1) is 17.1 Å². The van der Waals surface area contributed by atoms with Crippen LogP contribution in [0.5, 0.6) is 0 Å². The number of fused-ring (bicyclic) bond motifs is 5. The van der Waals surface area contributed by atoms with Crippen LogP contribution >= 0.6 is 11.3 Å². The molecule has 0 bridgehead atoms. The SMILES string of the molecule is CC(=O)C1Cc2c(sc3nc4ccccc4n23)CN1. The molecule has 0 spiro atoms. The van der Waals surface area contributed by atoms with Crippen LogP contribution in [-0.4, -0.2) is 21.2 Å². The van der Waals surface area contributed by atoms with E-state index in [1.807, 2.05) is 18.2 Å². The zero-order valence-electron chi connectivity index (χ0n) is 10.5. The van der Waals surface area contributed by atoms with E-state index < -0.39 is 0 Å². The summed E-state index contributed by atoms with van der Waals surface area (Å²) in [5, 5.41) is 3.29. The molecule has 2 aromatic heterocycles. The lowest BCUT2D eigenvalue weighted by Crippen LogP contribution is -2.40. The molecule has 0 amide bonds. The number of carbonyl (C=O) groups is 1. The van der Waals surface area contributed by atoms with E-state index in [1.165, 1.54) is 10.6 Å². The van der Waals surface area contributed by atoms with Crippen molar-refractivity contribution in [3.63, 3.8) is 0 Å². The lowest BCUT2D eigenvalue weighted by atomic mass is 10.0. The Bertz CT molecular complexity index is 802. The van der Waals surface area contributed by atoms with Crippen LogP contribution in [0.25, 0.3) is 16.0 Å². The Kier molecular flexibility index (Phi) is 2.28. The minimum Gasteiger partial charge on any atom is -0.302 e. The van der Waals surface area contributed by atoms with Gasteiger partial charge in [0.15, 0.2) is 4.96 Å². The number of rotatable bonds is 1. The molecule has 1 N–H and O–H groups in total. The normalized spacial score (nSPS) is 18.9. The quantitative estimate of drug-likeness (QED) is 0.737. The molecular weight excluding hydrogens is 258 g/mol. The summed E-state index contributed by atoms with van der Waals surface area (Å²) in [5.41, 5.74) is 3.40. The molecule has 0 radical (unpaired) electrons. The molecule has 1 aromatic carbocycles. The molecule has 1 aliphatic rings. The van der Waals surface area contributed by atoms with Crippen LogP contribution < -0.4 is 5.32 Å². The Balaban J connectivity index is 1.98. The Morgan fingerprint density at radius 3 is 3.16 bits per heavy atom. The van der Waals surface area contributed by atoms with E-state index >= 15 is 0 Å². The molecule has 5 heteroatoms. The highest BCUT2D eigenvalue weighted by Crippen LogP contribution is 2.30. The van der Waals surface area contributed by atoms with Gasteiger partial charge in [-0.3, -0.25) is 9.20 Å². The molecule has 3 aromatic rings. The molecule has 4 rings (SSSR count). The number of nitrogens with zero attached hydrogens (tertiary/aromatic N) is 2. The largest absolute Gasteiger partial charge is 0.302 e. The number of ketones is 1. The maximum absolute atomic E-state index is 11.6. The van der Waals surface area contributed by atoms with Crippen LogP contribution in [0.15, 0.2) is 24.3 Å². The second-order valence-corrected chi connectivity index (χ2v) is 6.00. The minimum atomic E-state index is -0.0635. The first-order valence-electron chi connectivity index (χ1n) is 6.35. The van der Waals surface area contributed by atoms with Crippen molar-refractivity contribution < 1.29 is 4.79 Å². The van der Waals surface area contributed by atoms with Crippen molar-refractivity contribution in [2.24, 2.45) is 0 Å². The van der Waals surface area contributed by atoms with Crippen molar-refractivity contribution in [2.75, 3.05) is 0 Å². The Morgan fingerprint density at radius 2 is 2.32 bits per heavy atom. The van der Waals surface area contributed by atoms with E-state index in [4.69, 9.17) is 0 Å². The predicted molar refractivity (Wildman–Crippen MR) is 75.6 cm³/mol. The van der Waals surface area contributed by atoms with Gasteiger partial charge in [0.1, 0.15) is 5.78 Å². The smallest absolute Gasteiger partial charge is 0.195 e. The average Bonchev–Trinajstić information content (AvgIpc) is 2.92. The predicted octanol–water partition coefficient (Wildman–Crippen LogP) is 2.15. The van der Waals surface area contributed by atoms with Gasteiger partial charge < -0.3 is 5.32 Å². The fourth-order valence-electron chi connectivity index (χ4n) is 2.74. The van der Waals surface area contributed by atoms with Crippen molar-refractivity contribution in [3.05, 3.63) is 34.8 Å². The number of benzene rings is 1. The third-order valence-corrected chi connectivity index (χ3v) is 4.82. The third kappa shape index (κ3) is 1.55. The maximum Gasteiger partial charge on any atom is 0.195 e. The van der Waals surface area contributed by atoms with E-state index in [0.29, 0.717) is 0 Å². The van der Waals surface area contributed by atoms with Crippen molar-refractivity contribution in [3.8, 4) is 0 Å². The minimum absolute atomic E-state index is 0.0635. The summed E-state index contributed by atoms with van der Waals surface area (Å²) in [6.07, 6.45) is 0.755. The van der Waals surface area contributed by atoms with Crippen LogP contribution in [0, 0.1) is 0 Å². The van der Waals surface area contributed by atoms with E-state index in [1.54, 1.807) is 18.3 Å². The van der Waals surface area contributed by atoms with Crippen LogP contribution in [0.4, 0.5) is 0 Å². The molecule has 0 aliphatic carbocycles. The molecule has 3 heterocycles. The van der Waals surface area contributed by atoms with Gasteiger partial charge in [-0.2, -0.15) is 0 Å². The zero-order chi connectivity index (χ0) is 13.0. The summed E-state index contributed by atoms with van der Waals surface area (Å²) in [7, 11) is 0. The van der Waals surface area contributed by atoms with E-state index in [9.17, 15) is 4.79 Å². The van der Waals surface area contributed by atoms with Crippen LogP contribution in [0.1, 0.15) is 17.5 Å². The second kappa shape index (κ2) is 3.88. The molecule has 0 saturated heterocycles. The van der Waals surface area contributed by atoms with Crippen molar-refractivity contribution in [1.82, 2.24) is 14.7 Å². The molecule has 1 atom stereocenters. The summed E-state index contributed by atoms with van der Waals surface area (Å²) < 4.78 is 2.21. The van der Waals surface area contributed by atoms with Gasteiger partial charge in [-0.25, -0.2) is 4.98 Å². The van der Waals surface area contributed by atoms with Gasteiger partial charge in [0.25, 0.3) is 0 Å². The molecule has 4 nitrogen and oxygen atoms in total. The highest BCUT2D eigenvalue weighted by atomic mass is 32.1. The molecule has 0 saturated carbocycles. The summed E-state index contributed by atoms with van der Waals surface area (Å²) in [6.45, 7) is 2.42. The van der Waals surface area contributed by atoms with Crippen molar-refractivity contribution in [2.45, 2.75) is 25.9 Å². The number of carbonyl (C=O) groups excluding carboxylic acids is 1. The summed E-state index contributed by atoms with van der Waals surface area (Å²) >= 11 is 1.72. The summed E-state index contributed by atoms with van der Waals surface area (Å²) in [6, 6.07) is 8.10. The number of hydrogen-bond donors (Lipinski definition) is 1. The van der Waals surface area contributed by atoms with Crippen LogP contribution in [0.3, 0.4) is 0 Å². The van der Waals surface area contributed by atoms with Gasteiger partial charge in [0.2, 0.25) is 0 Å². The fourth-order valence-corrected chi connectivity index (χ4v) is 3.85. The third-order valence-electron chi connectivity index (χ3n) is 3.73. The van der Waals surface area contributed by atoms with Crippen molar-refractivity contribution in [1.29, 1.82) is 0 Å². The number of nitrogens with one attached hydrogen (secondary N) is 1. The first-order chi connectivity index (χ1) is 9.24. The average molecular weight is 271 g/mol. The Hall–Kier alpha value is -1.72. The van der Waals surface area contributed by atoms with Crippen LogP contribution in [0.2, 0.25) is 0 Å². The van der Waals surface area contributed by atoms with Crippen LogP contribution in [-0.2, 0) is 17.8 Å². The molecule has 96 valence electrons. The molecular formula is C14H13N3OS. The first-order valence-corrected chi connectivity index (χ1v) is 7.17. The summed E-state index contributed by atoms with van der Waals surface area (Å²) in [5.74, 6) is 0.203. The lowest BCUT2D eigenvalue weighted by Gasteiger charge is -2.21. The number of para-hydroxylation sites is 2. The molecule has 0 fully saturated rings. The number of imidazole rings is 1. The van der Waals surface area contributed by atoms with Gasteiger partial charge >= 0.3 is 0 Å². The van der Waals surface area contributed by atoms with Crippen molar-refractivity contribution >= 4 is 33.1 Å². The Morgan fingerprint density at radius 1 is 1.47 bits per heavy atom. The summed E-state index contributed by atoms with van der Waals surface area (Å²) in [4.78, 5) is 18.6. The highest BCUT2D eigenvalue weighted by Gasteiger charge is 2.26. The maximum atomic E-state index is 11.6. The molecule has 19 heavy (non-hydrogen) atoms. The number of aromatic nitrogens is 2. The van der Waals surface area contributed by atoms with Gasteiger partial charge in [-0.1, -0.05) is 23.5 Å². The topological polar surface area (TPSA) is 46.4 Å². The first kappa shape index (κ1) is 11.1. The van der Waals surface area contributed by atoms with E-state index in [2.05, 4.69) is 20.8 Å². The number of Topliss-reactive ketones (excluding diaryl/α,β-unsaturated/α-hetero) is 1. The number of hydrogen-bond acceptors (Lipinski definition) is 4. The van der Waals surface area contributed by atoms with Gasteiger partial charge in [-0.15, -0.1) is 0 Å². The zero-order valence-corrected chi connectivity index (χ0v) is 11.3. The van der Waals surface area contributed by atoms with E-state index in [0.717, 1.165) is 29.0 Å². The van der Waals surface area contributed by atoms with E-state index in [-0.39, 0.29) is 11.8 Å². The molecule has 1 unspecified atom stereocenters. The number of thiazole rings is 1. The molecule has 1 aliphatic heterocycles. The highest BCUT2D eigenvalue weighted by molar-refractivity contribution is 7.17. The van der Waals surface area contributed by atoms with Gasteiger partial charge in [0, 0.05) is 23.5 Å². The second-order valence-electron chi connectivity index (χ2n) is 4.94. The monoisotopic (exact) mass is 271 g/mol. The fraction of sp³-hybridized carbons (Fsp3) is 0.286. The Labute approximate surface area is 114 Å². The standard InChI is InChI=1S/C14H13N3OS/c1-8(18)10-6-12-13(7-15-10)19-14-16-9-4-2-3-5-11(9)17(12)14/h2-5,10,15H,6-7H2,1H3. The lowest BCUT2D eigenvalue weighted by molar-refractivity contribution is -0.119.